The molecule has 3 fully saturated rings. The van der Waals surface area contributed by atoms with Crippen LogP contribution in [0.1, 0.15) is 64.7 Å². The van der Waals surface area contributed by atoms with Crippen LogP contribution in [0.15, 0.2) is 0 Å². The molecule has 0 aromatic carbocycles. The van der Waals surface area contributed by atoms with E-state index >= 15 is 0 Å². The number of carbonyl (C=O) groups excluding carboxylic acids is 3. The van der Waals surface area contributed by atoms with E-state index in [1.54, 1.807) is 0 Å². The Kier molecular flexibility index (Phi) is 6.96. The van der Waals surface area contributed by atoms with E-state index in [0.29, 0.717) is 38.6 Å². The second-order valence-corrected chi connectivity index (χ2v) is 8.34. The second-order valence-electron chi connectivity index (χ2n) is 8.34. The van der Waals surface area contributed by atoms with Crippen molar-refractivity contribution >= 4 is 17.8 Å². The molecule has 0 bridgehead atoms. The topological polar surface area (TPSA) is 81.8 Å². The van der Waals surface area contributed by atoms with E-state index in [0.717, 1.165) is 32.1 Å². The van der Waals surface area contributed by atoms with Crippen LogP contribution in [0.2, 0.25) is 0 Å². The minimum Gasteiger partial charge on any atom is -0.355 e. The summed E-state index contributed by atoms with van der Waals surface area (Å²) in [6.45, 7) is 4.11. The summed E-state index contributed by atoms with van der Waals surface area (Å²) in [7, 11) is 0. The molecule has 2 aliphatic carbocycles. The summed E-state index contributed by atoms with van der Waals surface area (Å²) in [5.74, 6) is 0.307. The Hall–Kier alpha value is -1.79. The first kappa shape index (κ1) is 20.0. The number of rotatable bonds is 5. The fraction of sp³-hybridized carbons (Fsp3) is 0.850. The molecule has 0 aromatic heterocycles. The molecule has 4 amide bonds. The average molecular weight is 379 g/mol. The maximum Gasteiger partial charge on any atom is 0.317 e. The fourth-order valence-electron chi connectivity index (χ4n) is 4.26. The van der Waals surface area contributed by atoms with Gasteiger partial charge in [-0.3, -0.25) is 9.59 Å². The zero-order valence-corrected chi connectivity index (χ0v) is 16.5. The van der Waals surface area contributed by atoms with Gasteiger partial charge in [-0.05, 0) is 32.6 Å². The maximum atomic E-state index is 12.6. The van der Waals surface area contributed by atoms with Crippen LogP contribution in [-0.4, -0.2) is 65.9 Å². The molecule has 1 saturated heterocycles. The molecule has 2 saturated carbocycles. The van der Waals surface area contributed by atoms with Crippen molar-refractivity contribution in [3.05, 3.63) is 0 Å². The molecule has 0 aromatic rings. The van der Waals surface area contributed by atoms with Crippen LogP contribution < -0.4 is 10.6 Å². The van der Waals surface area contributed by atoms with E-state index in [1.165, 1.54) is 19.3 Å². The zero-order valence-electron chi connectivity index (χ0n) is 16.5. The molecule has 7 heteroatoms. The summed E-state index contributed by atoms with van der Waals surface area (Å²) in [5.41, 5.74) is 0. The first-order valence-corrected chi connectivity index (χ1v) is 10.7. The Balaban J connectivity index is 1.37. The number of hydrogen-bond acceptors (Lipinski definition) is 3. The quantitative estimate of drug-likeness (QED) is 0.766. The number of nitrogens with one attached hydrogen (secondary N) is 2. The van der Waals surface area contributed by atoms with Crippen molar-refractivity contribution in [2.24, 2.45) is 5.92 Å². The van der Waals surface area contributed by atoms with Crippen LogP contribution in [0, 0.1) is 5.92 Å². The molecule has 1 aliphatic heterocycles. The number of amides is 4. The highest BCUT2D eigenvalue weighted by Gasteiger charge is 2.31. The molecule has 1 atom stereocenters. The van der Waals surface area contributed by atoms with Crippen LogP contribution in [0.25, 0.3) is 0 Å². The Morgan fingerprint density at radius 1 is 0.963 bits per heavy atom. The Labute approximate surface area is 162 Å². The highest BCUT2D eigenvalue weighted by molar-refractivity contribution is 5.81. The van der Waals surface area contributed by atoms with Gasteiger partial charge in [0.2, 0.25) is 11.8 Å². The Morgan fingerprint density at radius 3 is 2.33 bits per heavy atom. The van der Waals surface area contributed by atoms with Gasteiger partial charge in [-0.25, -0.2) is 4.79 Å². The highest BCUT2D eigenvalue weighted by atomic mass is 16.2. The molecule has 27 heavy (non-hydrogen) atoms. The molecule has 1 unspecified atom stereocenters. The lowest BCUT2D eigenvalue weighted by Gasteiger charge is -2.40. The number of hydrogen-bond donors (Lipinski definition) is 2. The Morgan fingerprint density at radius 2 is 1.70 bits per heavy atom. The minimum absolute atomic E-state index is 0.00857. The summed E-state index contributed by atoms with van der Waals surface area (Å²) in [6, 6.07) is 0.322. The van der Waals surface area contributed by atoms with E-state index in [-0.39, 0.29) is 29.8 Å². The molecule has 3 rings (SSSR count). The lowest BCUT2D eigenvalue weighted by molar-refractivity contribution is -0.133. The van der Waals surface area contributed by atoms with Gasteiger partial charge in [0.15, 0.2) is 0 Å². The van der Waals surface area contributed by atoms with Gasteiger partial charge in [-0.1, -0.05) is 25.7 Å². The summed E-state index contributed by atoms with van der Waals surface area (Å²) < 4.78 is 0. The number of carbonyl (C=O) groups is 3. The molecule has 152 valence electrons. The molecular formula is C20H34N4O3. The molecule has 1 heterocycles. The van der Waals surface area contributed by atoms with E-state index in [1.807, 2.05) is 16.7 Å². The number of nitrogens with zero attached hydrogens (tertiary/aromatic N) is 2. The standard InChI is InChI=1S/C20H34N4O3/c1-15-14-23(18(25)10-11-21-19(26)16-6-5-7-16)12-13-24(15)20(27)22-17-8-3-2-4-9-17/h15-17H,2-14H2,1H3,(H,21,26)(H,22,27). The minimum atomic E-state index is 0.00857. The lowest BCUT2D eigenvalue weighted by Crippen LogP contribution is -2.59. The van der Waals surface area contributed by atoms with Gasteiger partial charge in [-0.15, -0.1) is 0 Å². The van der Waals surface area contributed by atoms with Crippen LogP contribution in [0.5, 0.6) is 0 Å². The predicted octanol–water partition coefficient (Wildman–Crippen LogP) is 1.87. The van der Waals surface area contributed by atoms with E-state index in [2.05, 4.69) is 10.6 Å². The van der Waals surface area contributed by atoms with Crippen molar-refractivity contribution in [3.8, 4) is 0 Å². The molecular weight excluding hydrogens is 344 g/mol. The number of piperazine rings is 1. The third-order valence-electron chi connectivity index (χ3n) is 6.29. The summed E-state index contributed by atoms with van der Waals surface area (Å²) in [4.78, 5) is 40.5. The molecule has 2 N–H and O–H groups in total. The van der Waals surface area contributed by atoms with Gasteiger partial charge in [0, 0.05) is 50.6 Å². The van der Waals surface area contributed by atoms with Gasteiger partial charge in [0.25, 0.3) is 0 Å². The second kappa shape index (κ2) is 9.42. The summed E-state index contributed by atoms with van der Waals surface area (Å²) >= 11 is 0. The van der Waals surface area contributed by atoms with Crippen LogP contribution in [-0.2, 0) is 9.59 Å². The van der Waals surface area contributed by atoms with Gasteiger partial charge >= 0.3 is 6.03 Å². The summed E-state index contributed by atoms with van der Waals surface area (Å²) in [6.07, 6.45) is 9.22. The van der Waals surface area contributed by atoms with E-state index in [9.17, 15) is 14.4 Å². The summed E-state index contributed by atoms with van der Waals surface area (Å²) in [5, 5.41) is 6.04. The Bertz CT molecular complexity index is 543. The zero-order chi connectivity index (χ0) is 19.2. The smallest absolute Gasteiger partial charge is 0.317 e. The molecule has 0 spiro atoms. The normalized spacial score (nSPS) is 24.3. The van der Waals surface area contributed by atoms with Gasteiger partial charge in [0.05, 0.1) is 0 Å². The SMILES string of the molecule is CC1CN(C(=O)CCNC(=O)C2CCC2)CCN1C(=O)NC1CCCCC1. The van der Waals surface area contributed by atoms with Crippen molar-refractivity contribution in [2.75, 3.05) is 26.2 Å². The van der Waals surface area contributed by atoms with Crippen molar-refractivity contribution in [3.63, 3.8) is 0 Å². The van der Waals surface area contributed by atoms with Gasteiger partial charge in [0.1, 0.15) is 0 Å². The first-order valence-electron chi connectivity index (χ1n) is 10.7. The largest absolute Gasteiger partial charge is 0.355 e. The highest BCUT2D eigenvalue weighted by Crippen LogP contribution is 2.26. The molecule has 3 aliphatic rings. The van der Waals surface area contributed by atoms with Gasteiger partial charge in [-0.2, -0.15) is 0 Å². The van der Waals surface area contributed by atoms with E-state index < -0.39 is 0 Å². The average Bonchev–Trinajstić information content (AvgIpc) is 2.60. The van der Waals surface area contributed by atoms with Crippen LogP contribution in [0.3, 0.4) is 0 Å². The predicted molar refractivity (Wildman–Crippen MR) is 103 cm³/mol. The van der Waals surface area contributed by atoms with Gasteiger partial charge < -0.3 is 20.4 Å². The van der Waals surface area contributed by atoms with Crippen LogP contribution in [0.4, 0.5) is 4.79 Å². The van der Waals surface area contributed by atoms with Crippen molar-refractivity contribution in [2.45, 2.75) is 76.8 Å². The van der Waals surface area contributed by atoms with Crippen LogP contribution >= 0.6 is 0 Å². The van der Waals surface area contributed by atoms with Crippen molar-refractivity contribution in [1.82, 2.24) is 20.4 Å². The number of urea groups is 1. The fourth-order valence-corrected chi connectivity index (χ4v) is 4.26. The van der Waals surface area contributed by atoms with Crippen molar-refractivity contribution < 1.29 is 14.4 Å². The van der Waals surface area contributed by atoms with E-state index in [4.69, 9.17) is 0 Å². The molecule has 0 radical (unpaired) electrons. The maximum absolute atomic E-state index is 12.6. The molecule has 7 nitrogen and oxygen atoms in total. The monoisotopic (exact) mass is 378 g/mol. The third kappa shape index (κ3) is 5.36. The lowest BCUT2D eigenvalue weighted by atomic mass is 9.85. The van der Waals surface area contributed by atoms with Crippen molar-refractivity contribution in [1.29, 1.82) is 0 Å². The third-order valence-corrected chi connectivity index (χ3v) is 6.29. The first-order chi connectivity index (χ1) is 13.0.